The van der Waals surface area contributed by atoms with Crippen molar-refractivity contribution in [3.8, 4) is 28.3 Å². The third-order valence-electron chi connectivity index (χ3n) is 11.4. The Hall–Kier alpha value is -7.89. The maximum Gasteiger partial charge on any atom is 0.227 e. The summed E-state index contributed by atoms with van der Waals surface area (Å²) in [5, 5.41) is 6.75. The second-order valence-electron chi connectivity index (χ2n) is 14.8. The summed E-state index contributed by atoms with van der Waals surface area (Å²) < 4.78 is 15.0. The van der Waals surface area contributed by atoms with Crippen LogP contribution in [0.25, 0.3) is 93.9 Å². The summed E-state index contributed by atoms with van der Waals surface area (Å²) in [4.78, 5) is 7.18. The molecule has 0 spiro atoms. The van der Waals surface area contributed by atoms with Crippen molar-refractivity contribution in [3.63, 3.8) is 0 Å². The maximum atomic E-state index is 6.42. The zero-order valence-electron chi connectivity index (χ0n) is 31.2. The first kappa shape index (κ1) is 32.4. The van der Waals surface area contributed by atoms with E-state index in [9.17, 15) is 0 Å². The Bertz CT molecular complexity index is 3510. The smallest absolute Gasteiger partial charge is 0.227 e. The molecule has 0 atom stereocenters. The van der Waals surface area contributed by atoms with Gasteiger partial charge < -0.3 is 18.3 Å². The van der Waals surface area contributed by atoms with Crippen molar-refractivity contribution < 1.29 is 8.83 Å². The van der Waals surface area contributed by atoms with Crippen LogP contribution in [0.2, 0.25) is 0 Å². The van der Waals surface area contributed by atoms with Gasteiger partial charge in [0.15, 0.2) is 5.58 Å². The van der Waals surface area contributed by atoms with E-state index >= 15 is 0 Å². The lowest BCUT2D eigenvalue weighted by Crippen LogP contribution is -2.10. The number of oxazole rings is 1. The van der Waals surface area contributed by atoms with E-state index in [1.807, 2.05) is 42.5 Å². The molecule has 0 amide bonds. The Morgan fingerprint density at radius 1 is 0.397 bits per heavy atom. The van der Waals surface area contributed by atoms with Crippen LogP contribution in [-0.4, -0.2) is 9.55 Å². The summed E-state index contributed by atoms with van der Waals surface area (Å²) >= 11 is 0. The number of rotatable bonds is 6. The van der Waals surface area contributed by atoms with Gasteiger partial charge in [0.1, 0.15) is 16.7 Å². The van der Waals surface area contributed by atoms with Gasteiger partial charge in [-0.25, -0.2) is 4.98 Å². The van der Waals surface area contributed by atoms with Crippen LogP contribution in [0.4, 0.5) is 17.1 Å². The van der Waals surface area contributed by atoms with Crippen LogP contribution >= 0.6 is 0 Å². The Balaban J connectivity index is 1.01. The van der Waals surface area contributed by atoms with Gasteiger partial charge in [-0.15, -0.1) is 0 Å². The molecule has 58 heavy (non-hydrogen) atoms. The summed E-state index contributed by atoms with van der Waals surface area (Å²) in [5.41, 5.74) is 13.3. The predicted molar refractivity (Wildman–Crippen MR) is 239 cm³/mol. The number of hydrogen-bond acceptors (Lipinski definition) is 4. The van der Waals surface area contributed by atoms with Crippen molar-refractivity contribution >= 4 is 82.7 Å². The Morgan fingerprint density at radius 2 is 1.05 bits per heavy atom. The van der Waals surface area contributed by atoms with Gasteiger partial charge in [-0.05, 0) is 108 Å². The number of hydrogen-bond donors (Lipinski definition) is 0. The van der Waals surface area contributed by atoms with Gasteiger partial charge in [0.05, 0.1) is 11.0 Å². The molecule has 5 heteroatoms. The molecule has 0 radical (unpaired) electrons. The molecule has 0 N–H and O–H groups in total. The fourth-order valence-corrected chi connectivity index (χ4v) is 8.74. The van der Waals surface area contributed by atoms with E-state index in [2.05, 4.69) is 167 Å². The molecule has 0 aliphatic rings. The molecule has 272 valence electrons. The van der Waals surface area contributed by atoms with Crippen LogP contribution in [0, 0.1) is 0 Å². The largest absolute Gasteiger partial charge is 0.456 e. The SMILES string of the molecule is c1ccc(-c2nc3ccc4c(-c5ccc(N(c6ccc7oc8ccccc8c7c6)c6ccc7c(c6)c6ccccc6n7-c6ccccc6)cc5)cccc4c3o2)cc1. The minimum atomic E-state index is 0.627. The number of furan rings is 1. The van der Waals surface area contributed by atoms with Gasteiger partial charge >= 0.3 is 0 Å². The van der Waals surface area contributed by atoms with Crippen molar-refractivity contribution in [2.75, 3.05) is 4.90 Å². The molecule has 12 rings (SSSR count). The van der Waals surface area contributed by atoms with E-state index in [4.69, 9.17) is 13.8 Å². The van der Waals surface area contributed by atoms with Gasteiger partial charge in [-0.3, -0.25) is 0 Å². The molecule has 5 nitrogen and oxygen atoms in total. The second kappa shape index (κ2) is 12.8. The summed E-state index contributed by atoms with van der Waals surface area (Å²) in [6.45, 7) is 0. The van der Waals surface area contributed by atoms with Gasteiger partial charge in [0.2, 0.25) is 5.89 Å². The zero-order valence-corrected chi connectivity index (χ0v) is 31.2. The summed E-state index contributed by atoms with van der Waals surface area (Å²) in [5.74, 6) is 0.627. The predicted octanol–water partition coefficient (Wildman–Crippen LogP) is 14.8. The average molecular weight is 744 g/mol. The van der Waals surface area contributed by atoms with Crippen LogP contribution in [0.5, 0.6) is 0 Å². The van der Waals surface area contributed by atoms with Gasteiger partial charge in [0.25, 0.3) is 0 Å². The van der Waals surface area contributed by atoms with E-state index in [1.54, 1.807) is 0 Å². The fraction of sp³-hybridized carbons (Fsp3) is 0. The normalized spacial score (nSPS) is 11.8. The number of para-hydroxylation sites is 3. The van der Waals surface area contributed by atoms with Crippen LogP contribution in [0.1, 0.15) is 0 Å². The molecule has 0 unspecified atom stereocenters. The average Bonchev–Trinajstić information content (AvgIpc) is 3.99. The molecular formula is C53H33N3O2. The van der Waals surface area contributed by atoms with E-state index in [1.165, 1.54) is 16.3 Å². The Kier molecular flexibility index (Phi) is 7.16. The highest BCUT2D eigenvalue weighted by Crippen LogP contribution is 2.43. The minimum Gasteiger partial charge on any atom is -0.456 e. The highest BCUT2D eigenvalue weighted by molar-refractivity contribution is 6.12. The maximum absolute atomic E-state index is 6.42. The van der Waals surface area contributed by atoms with E-state index in [-0.39, 0.29) is 0 Å². The Morgan fingerprint density at radius 3 is 1.90 bits per heavy atom. The first-order chi connectivity index (χ1) is 28.7. The number of anilines is 3. The molecule has 0 aliphatic carbocycles. The zero-order chi connectivity index (χ0) is 38.2. The van der Waals surface area contributed by atoms with Crippen molar-refractivity contribution in [1.29, 1.82) is 0 Å². The number of aromatic nitrogens is 2. The number of fused-ring (bicyclic) bond motifs is 9. The first-order valence-electron chi connectivity index (χ1n) is 19.5. The number of nitrogens with zero attached hydrogens (tertiary/aromatic N) is 3. The molecule has 3 heterocycles. The molecular weight excluding hydrogens is 711 g/mol. The van der Waals surface area contributed by atoms with Gasteiger partial charge in [-0.1, -0.05) is 109 Å². The lowest BCUT2D eigenvalue weighted by Gasteiger charge is -2.26. The lowest BCUT2D eigenvalue weighted by molar-refractivity contribution is 0.623. The Labute approximate surface area is 333 Å². The summed E-state index contributed by atoms with van der Waals surface area (Å²) in [6, 6.07) is 70.5. The van der Waals surface area contributed by atoms with E-state index < -0.39 is 0 Å². The molecule has 3 aromatic heterocycles. The molecule has 0 bridgehead atoms. The lowest BCUT2D eigenvalue weighted by atomic mass is 9.97. The van der Waals surface area contributed by atoms with E-state index in [0.29, 0.717) is 5.89 Å². The van der Waals surface area contributed by atoms with Crippen LogP contribution in [0.15, 0.2) is 209 Å². The third-order valence-corrected chi connectivity index (χ3v) is 11.4. The minimum absolute atomic E-state index is 0.627. The van der Waals surface area contributed by atoms with Gasteiger partial charge in [0, 0.05) is 55.2 Å². The van der Waals surface area contributed by atoms with Crippen molar-refractivity contribution in [1.82, 2.24) is 9.55 Å². The molecule has 9 aromatic carbocycles. The highest BCUT2D eigenvalue weighted by atomic mass is 16.3. The quantitative estimate of drug-likeness (QED) is 0.170. The van der Waals surface area contributed by atoms with Crippen molar-refractivity contribution in [2.45, 2.75) is 0 Å². The molecule has 0 saturated heterocycles. The summed E-state index contributed by atoms with van der Waals surface area (Å²) in [7, 11) is 0. The molecule has 0 fully saturated rings. The third kappa shape index (κ3) is 5.07. The molecule has 0 saturated carbocycles. The second-order valence-corrected chi connectivity index (χ2v) is 14.8. The first-order valence-corrected chi connectivity index (χ1v) is 19.5. The monoisotopic (exact) mass is 743 g/mol. The van der Waals surface area contributed by atoms with E-state index in [0.717, 1.165) is 88.8 Å². The van der Waals surface area contributed by atoms with Crippen LogP contribution < -0.4 is 4.90 Å². The highest BCUT2D eigenvalue weighted by Gasteiger charge is 2.20. The van der Waals surface area contributed by atoms with Crippen LogP contribution in [-0.2, 0) is 0 Å². The molecule has 0 aliphatic heterocycles. The number of benzene rings is 9. The summed E-state index contributed by atoms with van der Waals surface area (Å²) in [6.07, 6.45) is 0. The van der Waals surface area contributed by atoms with Crippen molar-refractivity contribution in [2.24, 2.45) is 0 Å². The standard InChI is InChI=1S/C53H33N3O2/c1-3-12-35(13-4-1)53-54-47-29-28-41-40(18-11-19-44(41)52(47)58-53)34-22-24-37(25-23-34)55(39-27-31-51-46(33-39)43-17-8-10-21-50(43)57-51)38-26-30-49-45(32-38)42-16-7-9-20-48(42)56(49)36-14-5-2-6-15-36/h1-33H. The van der Waals surface area contributed by atoms with Crippen LogP contribution in [0.3, 0.4) is 0 Å². The van der Waals surface area contributed by atoms with Gasteiger partial charge in [-0.2, -0.15) is 0 Å². The topological polar surface area (TPSA) is 47.3 Å². The fourth-order valence-electron chi connectivity index (χ4n) is 8.74. The van der Waals surface area contributed by atoms with Crippen molar-refractivity contribution in [3.05, 3.63) is 200 Å². The molecule has 12 aromatic rings.